The molecular formula is C11H14INO2. The Morgan fingerprint density at radius 2 is 2.07 bits per heavy atom. The molecule has 0 radical (unpaired) electrons. The second-order valence-electron chi connectivity index (χ2n) is 3.17. The summed E-state index contributed by atoms with van der Waals surface area (Å²) in [5.41, 5.74) is 0.719. The van der Waals surface area contributed by atoms with E-state index in [0.29, 0.717) is 6.61 Å². The van der Waals surface area contributed by atoms with E-state index in [9.17, 15) is 4.79 Å². The molecule has 1 aromatic rings. The van der Waals surface area contributed by atoms with Gasteiger partial charge in [-0.25, -0.2) is 0 Å². The molecule has 4 heteroatoms. The molecule has 82 valence electrons. The fourth-order valence-corrected chi connectivity index (χ4v) is 1.50. The van der Waals surface area contributed by atoms with Gasteiger partial charge < -0.3 is 4.74 Å². The fourth-order valence-electron chi connectivity index (χ4n) is 1.11. The van der Waals surface area contributed by atoms with E-state index in [4.69, 9.17) is 4.74 Å². The molecule has 0 bridgehead atoms. The zero-order valence-electron chi connectivity index (χ0n) is 8.63. The summed E-state index contributed by atoms with van der Waals surface area (Å²) in [5.74, 6) is 0.893. The summed E-state index contributed by atoms with van der Waals surface area (Å²) in [6.07, 6.45) is 0.970. The van der Waals surface area contributed by atoms with Crippen molar-refractivity contribution in [3.8, 4) is 5.75 Å². The Hall–Kier alpha value is -0.620. The minimum atomic E-state index is 0.0793. The SMILES string of the molecule is CC(=O)c1ccc(OCCCNI)cc1. The Morgan fingerprint density at radius 1 is 1.40 bits per heavy atom. The molecule has 1 rings (SSSR count). The Kier molecular flexibility index (Phi) is 5.63. The lowest BCUT2D eigenvalue weighted by Gasteiger charge is -2.05. The summed E-state index contributed by atoms with van der Waals surface area (Å²) in [7, 11) is 0. The van der Waals surface area contributed by atoms with Crippen LogP contribution in [0.5, 0.6) is 5.75 Å². The van der Waals surface area contributed by atoms with Crippen molar-refractivity contribution < 1.29 is 9.53 Å². The molecule has 0 aliphatic rings. The molecule has 1 N–H and O–H groups in total. The third kappa shape index (κ3) is 4.61. The molecule has 0 amide bonds. The van der Waals surface area contributed by atoms with Gasteiger partial charge in [0, 0.05) is 35.0 Å². The fraction of sp³-hybridized carbons (Fsp3) is 0.364. The van der Waals surface area contributed by atoms with Gasteiger partial charge in [0.25, 0.3) is 0 Å². The molecule has 0 aliphatic heterocycles. The second kappa shape index (κ2) is 6.79. The summed E-state index contributed by atoms with van der Waals surface area (Å²) in [4.78, 5) is 11.0. The predicted octanol–water partition coefficient (Wildman–Crippen LogP) is 2.60. The number of nitrogens with one attached hydrogen (secondary N) is 1. The largest absolute Gasteiger partial charge is 0.494 e. The van der Waals surface area contributed by atoms with Gasteiger partial charge in [-0.05, 0) is 37.6 Å². The van der Waals surface area contributed by atoms with Crippen LogP contribution < -0.4 is 8.27 Å². The van der Waals surface area contributed by atoms with E-state index in [1.165, 1.54) is 0 Å². The van der Waals surface area contributed by atoms with E-state index in [0.717, 1.165) is 24.3 Å². The molecule has 0 unspecified atom stereocenters. The van der Waals surface area contributed by atoms with E-state index >= 15 is 0 Å². The third-order valence-corrected chi connectivity index (χ3v) is 2.48. The maximum atomic E-state index is 11.0. The number of hydrogen-bond acceptors (Lipinski definition) is 3. The van der Waals surface area contributed by atoms with Crippen molar-refractivity contribution in [1.82, 2.24) is 3.53 Å². The Bertz CT molecular complexity index is 311. The van der Waals surface area contributed by atoms with Crippen molar-refractivity contribution in [3.05, 3.63) is 29.8 Å². The molecule has 0 aromatic heterocycles. The molecule has 0 heterocycles. The molecule has 0 saturated heterocycles. The molecule has 0 aliphatic carbocycles. The smallest absolute Gasteiger partial charge is 0.159 e. The predicted molar refractivity (Wildman–Crippen MR) is 68.6 cm³/mol. The topological polar surface area (TPSA) is 38.3 Å². The molecule has 0 spiro atoms. The lowest BCUT2D eigenvalue weighted by Crippen LogP contribution is -2.06. The molecule has 0 atom stereocenters. The number of carbonyl (C=O) groups is 1. The van der Waals surface area contributed by atoms with Gasteiger partial charge in [-0.2, -0.15) is 0 Å². The normalized spacial score (nSPS) is 10.0. The van der Waals surface area contributed by atoms with Gasteiger partial charge in [-0.15, -0.1) is 0 Å². The molecule has 15 heavy (non-hydrogen) atoms. The number of ether oxygens (including phenoxy) is 1. The third-order valence-electron chi connectivity index (χ3n) is 1.95. The van der Waals surface area contributed by atoms with Crippen LogP contribution in [0.15, 0.2) is 24.3 Å². The van der Waals surface area contributed by atoms with Crippen LogP contribution in [-0.2, 0) is 0 Å². The van der Waals surface area contributed by atoms with E-state index in [1.807, 2.05) is 12.1 Å². The summed E-state index contributed by atoms with van der Waals surface area (Å²) in [5, 5.41) is 0. The van der Waals surface area contributed by atoms with Crippen LogP contribution in [0.2, 0.25) is 0 Å². The van der Waals surface area contributed by atoms with Gasteiger partial charge in [-0.1, -0.05) is 0 Å². The van der Waals surface area contributed by atoms with Crippen molar-refractivity contribution in [1.29, 1.82) is 0 Å². The average molecular weight is 319 g/mol. The Morgan fingerprint density at radius 3 is 2.60 bits per heavy atom. The quantitative estimate of drug-likeness (QED) is 0.379. The highest BCUT2D eigenvalue weighted by atomic mass is 127. The van der Waals surface area contributed by atoms with Gasteiger partial charge in [0.1, 0.15) is 5.75 Å². The van der Waals surface area contributed by atoms with Crippen molar-refractivity contribution in [2.24, 2.45) is 0 Å². The first kappa shape index (κ1) is 12.4. The zero-order valence-corrected chi connectivity index (χ0v) is 10.8. The van der Waals surface area contributed by atoms with Crippen molar-refractivity contribution >= 4 is 28.6 Å². The number of hydrogen-bond donors (Lipinski definition) is 1. The summed E-state index contributed by atoms with van der Waals surface area (Å²) < 4.78 is 8.51. The standard InChI is InChI=1S/C11H14INO2/c1-9(14)10-3-5-11(6-4-10)15-8-2-7-13-12/h3-6,13H,2,7-8H2,1H3. The van der Waals surface area contributed by atoms with Crippen LogP contribution in [0, 0.1) is 0 Å². The molecule has 0 saturated carbocycles. The molecule has 0 fully saturated rings. The molecular weight excluding hydrogens is 305 g/mol. The van der Waals surface area contributed by atoms with E-state index < -0.39 is 0 Å². The molecule has 1 aromatic carbocycles. The molecule has 3 nitrogen and oxygen atoms in total. The van der Waals surface area contributed by atoms with Crippen LogP contribution in [-0.4, -0.2) is 18.9 Å². The maximum absolute atomic E-state index is 11.0. The van der Waals surface area contributed by atoms with Crippen LogP contribution in [0.4, 0.5) is 0 Å². The van der Waals surface area contributed by atoms with Gasteiger partial charge in [0.15, 0.2) is 5.78 Å². The first-order chi connectivity index (χ1) is 7.24. The average Bonchev–Trinajstić information content (AvgIpc) is 2.25. The van der Waals surface area contributed by atoms with Crippen LogP contribution >= 0.6 is 22.9 Å². The number of carbonyl (C=O) groups excluding carboxylic acids is 1. The van der Waals surface area contributed by atoms with Crippen molar-refractivity contribution in [3.63, 3.8) is 0 Å². The van der Waals surface area contributed by atoms with Crippen LogP contribution in [0.1, 0.15) is 23.7 Å². The van der Waals surface area contributed by atoms with E-state index in [2.05, 4.69) is 26.4 Å². The summed E-state index contributed by atoms with van der Waals surface area (Å²) in [6, 6.07) is 7.23. The second-order valence-corrected chi connectivity index (χ2v) is 3.93. The first-order valence-electron chi connectivity index (χ1n) is 4.81. The number of rotatable bonds is 6. The highest BCUT2D eigenvalue weighted by Gasteiger charge is 1.98. The van der Waals surface area contributed by atoms with E-state index in [-0.39, 0.29) is 5.78 Å². The number of Topliss-reactive ketones (excluding diaryl/α,β-unsaturated/α-hetero) is 1. The summed E-state index contributed by atoms with van der Waals surface area (Å²) in [6.45, 7) is 3.18. The number of halogens is 1. The first-order valence-corrected chi connectivity index (χ1v) is 5.89. The minimum Gasteiger partial charge on any atom is -0.494 e. The minimum absolute atomic E-state index is 0.0793. The lowest BCUT2D eigenvalue weighted by atomic mass is 10.1. The lowest BCUT2D eigenvalue weighted by molar-refractivity contribution is 0.101. The van der Waals surface area contributed by atoms with Crippen LogP contribution in [0.25, 0.3) is 0 Å². The number of benzene rings is 1. The maximum Gasteiger partial charge on any atom is 0.159 e. The van der Waals surface area contributed by atoms with Gasteiger partial charge in [0.05, 0.1) is 6.61 Å². The van der Waals surface area contributed by atoms with Crippen molar-refractivity contribution in [2.75, 3.05) is 13.2 Å². The Balaban J connectivity index is 2.39. The van der Waals surface area contributed by atoms with Crippen LogP contribution in [0.3, 0.4) is 0 Å². The van der Waals surface area contributed by atoms with Gasteiger partial charge >= 0.3 is 0 Å². The highest BCUT2D eigenvalue weighted by molar-refractivity contribution is 14.1. The van der Waals surface area contributed by atoms with Gasteiger partial charge in [-0.3, -0.25) is 8.32 Å². The zero-order chi connectivity index (χ0) is 11.1. The Labute approximate surface area is 104 Å². The highest BCUT2D eigenvalue weighted by Crippen LogP contribution is 2.12. The van der Waals surface area contributed by atoms with E-state index in [1.54, 1.807) is 19.1 Å². The monoisotopic (exact) mass is 319 g/mol. The van der Waals surface area contributed by atoms with Gasteiger partial charge in [0.2, 0.25) is 0 Å². The van der Waals surface area contributed by atoms with Crippen molar-refractivity contribution in [2.45, 2.75) is 13.3 Å². The summed E-state index contributed by atoms with van der Waals surface area (Å²) >= 11 is 2.11. The number of ketones is 1.